The summed E-state index contributed by atoms with van der Waals surface area (Å²) in [6.07, 6.45) is 1.43. The van der Waals surface area contributed by atoms with Gasteiger partial charge < -0.3 is 14.1 Å². The van der Waals surface area contributed by atoms with Crippen LogP contribution in [0.5, 0.6) is 5.75 Å². The highest BCUT2D eigenvalue weighted by atomic mass is 32.1. The number of hydrogen-bond acceptors (Lipinski definition) is 6. The number of nitrogens with one attached hydrogen (secondary N) is 1. The molecule has 0 unspecified atom stereocenters. The van der Waals surface area contributed by atoms with Gasteiger partial charge in [0.25, 0.3) is 11.8 Å². The lowest BCUT2D eigenvalue weighted by Crippen LogP contribution is -2.54. The molecular weight excluding hydrogens is 378 g/mol. The van der Waals surface area contributed by atoms with Crippen LogP contribution in [-0.4, -0.2) is 37.1 Å². The van der Waals surface area contributed by atoms with Crippen molar-refractivity contribution in [3.63, 3.8) is 0 Å². The lowest BCUT2D eigenvalue weighted by molar-refractivity contribution is -0.122. The molecule has 8 heteroatoms. The summed E-state index contributed by atoms with van der Waals surface area (Å²) in [7, 11) is 1.50. The Labute approximate surface area is 168 Å². The van der Waals surface area contributed by atoms with E-state index in [1.807, 2.05) is 24.8 Å². The van der Waals surface area contributed by atoms with Gasteiger partial charge in [-0.2, -0.15) is 0 Å². The van der Waals surface area contributed by atoms with Gasteiger partial charge >= 0.3 is 0 Å². The van der Waals surface area contributed by atoms with Gasteiger partial charge in [-0.1, -0.05) is 12.1 Å². The smallest absolute Gasteiger partial charge is 0.270 e. The molecule has 0 atom stereocenters. The second kappa shape index (κ2) is 8.26. The molecule has 0 radical (unpaired) electrons. The van der Waals surface area contributed by atoms with Crippen LogP contribution < -0.4 is 19.9 Å². The van der Waals surface area contributed by atoms with Crippen LogP contribution in [0.25, 0.3) is 6.08 Å². The quantitative estimate of drug-likeness (QED) is 0.457. The first-order valence-electron chi connectivity index (χ1n) is 8.89. The molecule has 3 rings (SSSR count). The minimum Gasteiger partial charge on any atom is -0.495 e. The fraction of sp³-hybridized carbons (Fsp3) is 0.250. The van der Waals surface area contributed by atoms with Crippen LogP contribution in [0.2, 0.25) is 0 Å². The Balaban J connectivity index is 1.97. The van der Waals surface area contributed by atoms with E-state index >= 15 is 0 Å². The Bertz CT molecular complexity index is 946. The first-order valence-corrected chi connectivity index (χ1v) is 9.30. The predicted molar refractivity (Wildman–Crippen MR) is 111 cm³/mol. The van der Waals surface area contributed by atoms with Crippen molar-refractivity contribution in [3.8, 4) is 5.75 Å². The highest BCUT2D eigenvalue weighted by molar-refractivity contribution is 7.80. The molecule has 146 valence electrons. The number of carbonyl (C=O) groups excluding carboxylic acids is 2. The third-order valence-corrected chi connectivity index (χ3v) is 4.69. The van der Waals surface area contributed by atoms with Crippen molar-refractivity contribution in [1.29, 1.82) is 0 Å². The molecule has 1 fully saturated rings. The number of hydrogen-bond donors (Lipinski definition) is 1. The van der Waals surface area contributed by atoms with E-state index in [9.17, 15) is 9.59 Å². The van der Waals surface area contributed by atoms with Crippen LogP contribution >= 0.6 is 12.2 Å². The van der Waals surface area contributed by atoms with Gasteiger partial charge in [0.2, 0.25) is 0 Å². The van der Waals surface area contributed by atoms with Gasteiger partial charge in [0.05, 0.1) is 12.8 Å². The Hall–Kier alpha value is -3.13. The summed E-state index contributed by atoms with van der Waals surface area (Å²) >= 11 is 5.22. The SMILES string of the molecule is CCN(CC)c1ccc(/C=C2\C(=O)NC(=S)N(c3ccccc3OC)C2=O)o1. The molecule has 1 aromatic heterocycles. The fourth-order valence-electron chi connectivity index (χ4n) is 2.96. The van der Waals surface area contributed by atoms with Crippen LogP contribution in [0.15, 0.2) is 46.4 Å². The van der Waals surface area contributed by atoms with Crippen LogP contribution in [0.3, 0.4) is 0 Å². The van der Waals surface area contributed by atoms with E-state index in [1.54, 1.807) is 30.3 Å². The van der Waals surface area contributed by atoms with Crippen molar-refractivity contribution in [1.82, 2.24) is 5.32 Å². The molecule has 7 nitrogen and oxygen atoms in total. The van der Waals surface area contributed by atoms with Crippen molar-refractivity contribution in [2.75, 3.05) is 30.0 Å². The molecule has 1 aliphatic rings. The predicted octanol–water partition coefficient (Wildman–Crippen LogP) is 2.97. The van der Waals surface area contributed by atoms with Gasteiger partial charge in [-0.15, -0.1) is 0 Å². The maximum atomic E-state index is 13.1. The summed E-state index contributed by atoms with van der Waals surface area (Å²) in [5, 5.41) is 2.55. The van der Waals surface area contributed by atoms with Crippen LogP contribution in [-0.2, 0) is 9.59 Å². The molecule has 0 saturated carbocycles. The largest absolute Gasteiger partial charge is 0.495 e. The standard InChI is InChI=1S/C20H21N3O4S/c1-4-22(5-2)17-11-10-13(27-17)12-14-18(24)21-20(28)23(19(14)25)15-8-6-7-9-16(15)26-3/h6-12H,4-5H2,1-3H3,(H,21,24,28)/b14-12+. The number of furan rings is 1. The second-order valence-corrected chi connectivity index (χ2v) is 6.36. The zero-order valence-electron chi connectivity index (χ0n) is 15.9. The summed E-state index contributed by atoms with van der Waals surface area (Å²) in [6, 6.07) is 10.5. The number of thiocarbonyl (C=S) groups is 1. The third kappa shape index (κ3) is 3.63. The number of para-hydroxylation sites is 2. The lowest BCUT2D eigenvalue weighted by atomic mass is 10.1. The number of methoxy groups -OCH3 is 1. The van der Waals surface area contributed by atoms with Crippen LogP contribution in [0.1, 0.15) is 19.6 Å². The van der Waals surface area contributed by atoms with Gasteiger partial charge in [0.15, 0.2) is 11.0 Å². The molecule has 1 N–H and O–H groups in total. The van der Waals surface area contributed by atoms with E-state index in [0.29, 0.717) is 23.1 Å². The summed E-state index contributed by atoms with van der Waals surface area (Å²) < 4.78 is 11.1. The van der Waals surface area contributed by atoms with Gasteiger partial charge in [-0.05, 0) is 50.3 Å². The molecule has 0 bridgehead atoms. The van der Waals surface area contributed by atoms with Crippen molar-refractivity contribution in [2.45, 2.75) is 13.8 Å². The first-order chi connectivity index (χ1) is 13.5. The molecule has 1 aromatic carbocycles. The Kier molecular flexibility index (Phi) is 5.79. The zero-order chi connectivity index (χ0) is 20.3. The van der Waals surface area contributed by atoms with Gasteiger partial charge in [0, 0.05) is 19.2 Å². The average Bonchev–Trinajstić information content (AvgIpc) is 3.15. The normalized spacial score (nSPS) is 15.8. The minimum absolute atomic E-state index is 0.0000694. The van der Waals surface area contributed by atoms with Gasteiger partial charge in [-0.3, -0.25) is 14.9 Å². The first kappa shape index (κ1) is 19.6. The monoisotopic (exact) mass is 399 g/mol. The molecule has 2 heterocycles. The molecule has 1 saturated heterocycles. The fourth-order valence-corrected chi connectivity index (χ4v) is 3.23. The van der Waals surface area contributed by atoms with Crippen LogP contribution in [0, 0.1) is 0 Å². The number of benzene rings is 1. The van der Waals surface area contributed by atoms with E-state index in [2.05, 4.69) is 5.32 Å². The van der Waals surface area contributed by atoms with Gasteiger partial charge in [-0.25, -0.2) is 4.90 Å². The van der Waals surface area contributed by atoms with Crippen LogP contribution in [0.4, 0.5) is 11.6 Å². The van der Waals surface area contributed by atoms with E-state index < -0.39 is 11.8 Å². The van der Waals surface area contributed by atoms with E-state index in [1.165, 1.54) is 18.1 Å². The van der Waals surface area contributed by atoms with E-state index in [4.69, 9.17) is 21.4 Å². The molecule has 0 spiro atoms. The Morgan fingerprint density at radius 2 is 1.89 bits per heavy atom. The number of rotatable bonds is 6. The molecule has 1 aliphatic heterocycles. The summed E-state index contributed by atoms with van der Waals surface area (Å²) in [4.78, 5) is 28.8. The molecular formula is C20H21N3O4S. The maximum absolute atomic E-state index is 13.1. The summed E-state index contributed by atoms with van der Waals surface area (Å²) in [6.45, 7) is 5.62. The Morgan fingerprint density at radius 1 is 1.18 bits per heavy atom. The van der Waals surface area contributed by atoms with Crippen molar-refractivity contribution >= 4 is 46.8 Å². The topological polar surface area (TPSA) is 75.0 Å². The molecule has 28 heavy (non-hydrogen) atoms. The molecule has 0 aliphatic carbocycles. The molecule has 2 aromatic rings. The number of amides is 2. The Morgan fingerprint density at radius 3 is 2.57 bits per heavy atom. The summed E-state index contributed by atoms with van der Waals surface area (Å²) in [5.41, 5.74) is 0.383. The number of carbonyl (C=O) groups is 2. The van der Waals surface area contributed by atoms with E-state index in [-0.39, 0.29) is 10.7 Å². The van der Waals surface area contributed by atoms with Crippen molar-refractivity contribution in [3.05, 3.63) is 47.7 Å². The number of nitrogens with zero attached hydrogens (tertiary/aromatic N) is 2. The van der Waals surface area contributed by atoms with Crippen molar-refractivity contribution < 1.29 is 18.7 Å². The number of ether oxygens (including phenoxy) is 1. The lowest BCUT2D eigenvalue weighted by Gasteiger charge is -2.29. The minimum atomic E-state index is -0.568. The van der Waals surface area contributed by atoms with E-state index in [0.717, 1.165) is 13.1 Å². The van der Waals surface area contributed by atoms with Crippen molar-refractivity contribution in [2.24, 2.45) is 0 Å². The third-order valence-electron chi connectivity index (χ3n) is 4.40. The highest BCUT2D eigenvalue weighted by Crippen LogP contribution is 2.31. The summed E-state index contributed by atoms with van der Waals surface area (Å²) in [5.74, 6) is 0.447. The second-order valence-electron chi connectivity index (χ2n) is 5.98. The highest BCUT2D eigenvalue weighted by Gasteiger charge is 2.36. The number of anilines is 2. The molecule has 2 amide bonds. The zero-order valence-corrected chi connectivity index (χ0v) is 16.7. The average molecular weight is 399 g/mol. The van der Waals surface area contributed by atoms with Gasteiger partial charge in [0.1, 0.15) is 17.1 Å². The maximum Gasteiger partial charge on any atom is 0.270 e.